The smallest absolute Gasteiger partial charge is 0.286 e. The highest BCUT2D eigenvalue weighted by molar-refractivity contribution is 5.04. The highest BCUT2D eigenvalue weighted by atomic mass is 15.2. The van der Waals surface area contributed by atoms with Gasteiger partial charge in [-0.05, 0) is 19.3 Å². The third kappa shape index (κ3) is 1.86. The van der Waals surface area contributed by atoms with Crippen LogP contribution in [0.2, 0.25) is 0 Å². The Hall–Kier alpha value is -0.550. The van der Waals surface area contributed by atoms with Gasteiger partial charge in [0.05, 0.1) is 0 Å². The molecule has 0 bridgehead atoms. The third-order valence-corrected chi connectivity index (χ3v) is 3.47. The summed E-state index contributed by atoms with van der Waals surface area (Å²) in [6.45, 7) is 7.19. The minimum atomic E-state index is -0.137. The second-order valence-corrected chi connectivity index (χ2v) is 4.48. The Balaban J connectivity index is 1.85. The number of nitrogens with zero attached hydrogens (tertiary/aromatic N) is 1. The first-order valence-electron chi connectivity index (χ1n) is 5.51. The molecule has 2 aliphatic carbocycles. The summed E-state index contributed by atoms with van der Waals surface area (Å²) in [6.07, 6.45) is 10.1. The minimum Gasteiger partial charge on any atom is -0.293 e. The van der Waals surface area contributed by atoms with E-state index in [1.807, 2.05) is 0 Å². The molecule has 0 unspecified atom stereocenters. The molecule has 0 aromatic rings. The number of hydrogen-bond acceptors (Lipinski definition) is 1. The van der Waals surface area contributed by atoms with Crippen molar-refractivity contribution in [2.45, 2.75) is 63.1 Å². The lowest BCUT2D eigenvalue weighted by atomic mass is 9.83. The Morgan fingerprint density at radius 2 is 1.77 bits per heavy atom. The van der Waals surface area contributed by atoms with Gasteiger partial charge in [0.15, 0.2) is 0 Å². The summed E-state index contributed by atoms with van der Waals surface area (Å²) < 4.78 is 0. The number of rotatable bonds is 2. The molecule has 0 aromatic heterocycles. The fourth-order valence-corrected chi connectivity index (χ4v) is 2.43. The lowest BCUT2D eigenvalue weighted by molar-refractivity contribution is 0.195. The van der Waals surface area contributed by atoms with Crippen LogP contribution in [-0.4, -0.2) is 11.7 Å². The fourth-order valence-electron chi connectivity index (χ4n) is 2.43. The van der Waals surface area contributed by atoms with Gasteiger partial charge in [-0.3, -0.25) is 4.85 Å². The molecule has 0 atom stereocenters. The van der Waals surface area contributed by atoms with Gasteiger partial charge in [-0.25, -0.2) is 11.9 Å². The van der Waals surface area contributed by atoms with Gasteiger partial charge in [0.2, 0.25) is 0 Å². The molecule has 0 aliphatic heterocycles. The van der Waals surface area contributed by atoms with Crippen LogP contribution < -0.4 is 5.32 Å². The molecule has 72 valence electrons. The molecular formula is C11H18N2. The quantitative estimate of drug-likeness (QED) is 0.643. The maximum atomic E-state index is 7.19. The molecule has 13 heavy (non-hydrogen) atoms. The van der Waals surface area contributed by atoms with E-state index in [1.54, 1.807) is 0 Å². The first kappa shape index (κ1) is 9.02. The first-order chi connectivity index (χ1) is 6.35. The largest absolute Gasteiger partial charge is 0.293 e. The van der Waals surface area contributed by atoms with E-state index >= 15 is 0 Å². The second kappa shape index (κ2) is 3.67. The Morgan fingerprint density at radius 3 is 2.23 bits per heavy atom. The van der Waals surface area contributed by atoms with Crippen LogP contribution in [0.15, 0.2) is 0 Å². The van der Waals surface area contributed by atoms with Gasteiger partial charge in [-0.15, -0.1) is 0 Å². The molecule has 1 N–H and O–H groups in total. The number of hydrogen-bond donors (Lipinski definition) is 1. The third-order valence-electron chi connectivity index (χ3n) is 3.47. The molecule has 2 aliphatic rings. The van der Waals surface area contributed by atoms with Crippen molar-refractivity contribution in [3.63, 3.8) is 0 Å². The zero-order valence-corrected chi connectivity index (χ0v) is 8.18. The first-order valence-corrected chi connectivity index (χ1v) is 5.51. The van der Waals surface area contributed by atoms with Gasteiger partial charge in [0.1, 0.15) is 0 Å². The summed E-state index contributed by atoms with van der Waals surface area (Å²) in [6, 6.07) is 0.642. The summed E-state index contributed by atoms with van der Waals surface area (Å²) in [5.74, 6) is 0. The lowest BCUT2D eigenvalue weighted by Crippen LogP contribution is -2.53. The van der Waals surface area contributed by atoms with Gasteiger partial charge < -0.3 is 0 Å². The van der Waals surface area contributed by atoms with Crippen LogP contribution >= 0.6 is 0 Å². The maximum absolute atomic E-state index is 7.19. The molecule has 2 fully saturated rings. The molecule has 0 radical (unpaired) electrons. The van der Waals surface area contributed by atoms with Gasteiger partial charge in [-0.1, -0.05) is 19.3 Å². The predicted octanol–water partition coefficient (Wildman–Crippen LogP) is 2.71. The molecule has 0 aromatic carbocycles. The van der Waals surface area contributed by atoms with E-state index in [0.29, 0.717) is 6.04 Å². The topological polar surface area (TPSA) is 16.4 Å². The van der Waals surface area contributed by atoms with Crippen molar-refractivity contribution < 1.29 is 0 Å². The van der Waals surface area contributed by atoms with Crippen LogP contribution in [0.4, 0.5) is 0 Å². The highest BCUT2D eigenvalue weighted by Crippen LogP contribution is 2.35. The van der Waals surface area contributed by atoms with E-state index < -0.39 is 0 Å². The lowest BCUT2D eigenvalue weighted by Gasteiger charge is -2.35. The van der Waals surface area contributed by atoms with Crippen LogP contribution in [0.3, 0.4) is 0 Å². The standard InChI is InChI=1S/C11H18N2/c1-12-11(8-5-9-11)13-10-6-3-2-4-7-10/h10,13H,2-9H2. The molecule has 0 spiro atoms. The summed E-state index contributed by atoms with van der Waals surface area (Å²) in [5, 5.41) is 3.56. The van der Waals surface area contributed by atoms with Crippen molar-refractivity contribution in [3.8, 4) is 0 Å². The molecule has 2 nitrogen and oxygen atoms in total. The second-order valence-electron chi connectivity index (χ2n) is 4.48. The zero-order valence-electron chi connectivity index (χ0n) is 8.18. The van der Waals surface area contributed by atoms with Crippen molar-refractivity contribution in [3.05, 3.63) is 11.4 Å². The van der Waals surface area contributed by atoms with E-state index in [9.17, 15) is 0 Å². The van der Waals surface area contributed by atoms with Crippen molar-refractivity contribution in [2.24, 2.45) is 0 Å². The molecule has 2 rings (SSSR count). The van der Waals surface area contributed by atoms with Crippen molar-refractivity contribution in [2.75, 3.05) is 0 Å². The zero-order chi connectivity index (χ0) is 9.15. The van der Waals surface area contributed by atoms with E-state index in [0.717, 1.165) is 12.8 Å². The Kier molecular flexibility index (Phi) is 2.55. The van der Waals surface area contributed by atoms with Gasteiger partial charge in [0, 0.05) is 18.9 Å². The average Bonchev–Trinajstić information content (AvgIpc) is 2.13. The minimum absolute atomic E-state index is 0.137. The van der Waals surface area contributed by atoms with Gasteiger partial charge in [0.25, 0.3) is 5.66 Å². The van der Waals surface area contributed by atoms with Crippen molar-refractivity contribution in [1.29, 1.82) is 0 Å². The normalized spacial score (nSPS) is 27.6. The van der Waals surface area contributed by atoms with Crippen LogP contribution in [0.25, 0.3) is 4.85 Å². The average molecular weight is 178 g/mol. The summed E-state index contributed by atoms with van der Waals surface area (Å²) >= 11 is 0. The van der Waals surface area contributed by atoms with E-state index in [2.05, 4.69) is 10.2 Å². The summed E-state index contributed by atoms with van der Waals surface area (Å²) in [4.78, 5) is 3.76. The Morgan fingerprint density at radius 1 is 1.08 bits per heavy atom. The molecule has 2 heteroatoms. The van der Waals surface area contributed by atoms with Crippen molar-refractivity contribution in [1.82, 2.24) is 5.32 Å². The monoisotopic (exact) mass is 178 g/mol. The molecule has 0 amide bonds. The van der Waals surface area contributed by atoms with E-state index in [-0.39, 0.29) is 5.66 Å². The molecule has 0 saturated heterocycles. The Bertz CT molecular complexity index is 207. The van der Waals surface area contributed by atoms with Gasteiger partial charge in [-0.2, -0.15) is 0 Å². The number of nitrogens with one attached hydrogen (secondary N) is 1. The van der Waals surface area contributed by atoms with Crippen LogP contribution in [0.1, 0.15) is 51.4 Å². The van der Waals surface area contributed by atoms with Crippen molar-refractivity contribution >= 4 is 0 Å². The van der Waals surface area contributed by atoms with Gasteiger partial charge >= 0.3 is 0 Å². The Labute approximate surface area is 80.5 Å². The fraction of sp³-hybridized carbons (Fsp3) is 0.909. The molecular weight excluding hydrogens is 160 g/mol. The van der Waals surface area contributed by atoms with E-state index in [1.165, 1.54) is 38.5 Å². The SMILES string of the molecule is [C-]#[N+]C1(NC2CCCCC2)CCC1. The van der Waals surface area contributed by atoms with E-state index in [4.69, 9.17) is 6.57 Å². The summed E-state index contributed by atoms with van der Waals surface area (Å²) in [5.41, 5.74) is -0.137. The van der Waals surface area contributed by atoms with Crippen LogP contribution in [0.5, 0.6) is 0 Å². The molecule has 0 heterocycles. The summed E-state index contributed by atoms with van der Waals surface area (Å²) in [7, 11) is 0. The van der Waals surface area contributed by atoms with Crippen LogP contribution in [0, 0.1) is 6.57 Å². The highest BCUT2D eigenvalue weighted by Gasteiger charge is 2.45. The maximum Gasteiger partial charge on any atom is 0.286 e. The van der Waals surface area contributed by atoms with Crippen LogP contribution in [-0.2, 0) is 0 Å². The molecule has 2 saturated carbocycles. The predicted molar refractivity (Wildman–Crippen MR) is 53.2 cm³/mol.